The number of hydrogen-bond donors (Lipinski definition) is 0. The molecule has 0 radical (unpaired) electrons. The van der Waals surface area contributed by atoms with Crippen LogP contribution in [0.1, 0.15) is 25.3 Å². The van der Waals surface area contributed by atoms with Crippen molar-refractivity contribution in [1.82, 2.24) is 4.90 Å². The number of likely N-dealkylation sites (N-methyl/N-ethyl adjacent to an activating group) is 1. The Morgan fingerprint density at radius 2 is 1.65 bits per heavy atom. The van der Waals surface area contributed by atoms with Crippen LogP contribution in [0.3, 0.4) is 0 Å². The van der Waals surface area contributed by atoms with E-state index in [0.29, 0.717) is 13.0 Å². The first-order valence-electron chi connectivity index (χ1n) is 11.1. The van der Waals surface area contributed by atoms with Gasteiger partial charge in [-0.3, -0.25) is 4.79 Å². The summed E-state index contributed by atoms with van der Waals surface area (Å²) in [4.78, 5) is 19.5. The smallest absolute Gasteiger partial charge is 0.242 e. The molecule has 166 valence electrons. The van der Waals surface area contributed by atoms with Crippen LogP contribution < -0.4 is 9.80 Å². The van der Waals surface area contributed by atoms with Crippen LogP contribution >= 0.6 is 0 Å². The minimum atomic E-state index is -3.02. The molecular formula is C24H31N3O3S. The van der Waals surface area contributed by atoms with E-state index in [9.17, 15) is 13.2 Å². The fourth-order valence-electron chi connectivity index (χ4n) is 4.74. The third-order valence-electron chi connectivity index (χ3n) is 6.27. The second-order valence-corrected chi connectivity index (χ2v) is 10.6. The fraction of sp³-hybridized carbons (Fsp3) is 0.458. The van der Waals surface area contributed by atoms with Crippen LogP contribution in [-0.4, -0.2) is 63.0 Å². The highest BCUT2D eigenvalue weighted by Gasteiger charge is 2.34. The Balaban J connectivity index is 1.52. The van der Waals surface area contributed by atoms with Crippen LogP contribution in [0.5, 0.6) is 0 Å². The molecule has 1 saturated heterocycles. The Labute approximate surface area is 185 Å². The molecule has 2 aliphatic rings. The van der Waals surface area contributed by atoms with Gasteiger partial charge in [-0.25, -0.2) is 8.42 Å². The van der Waals surface area contributed by atoms with E-state index in [2.05, 4.69) is 46.2 Å². The van der Waals surface area contributed by atoms with Crippen LogP contribution in [0.25, 0.3) is 0 Å². The molecule has 0 aromatic heterocycles. The van der Waals surface area contributed by atoms with Crippen LogP contribution in [0.4, 0.5) is 11.4 Å². The van der Waals surface area contributed by atoms with Crippen molar-refractivity contribution in [2.45, 2.75) is 32.4 Å². The number of amides is 1. The molecule has 0 saturated carbocycles. The topological polar surface area (TPSA) is 60.9 Å². The zero-order chi connectivity index (χ0) is 21.8. The normalized spacial score (nSPS) is 20.2. The number of hydrogen-bond acceptors (Lipinski definition) is 5. The van der Waals surface area contributed by atoms with Crippen LogP contribution in [0.15, 0.2) is 54.6 Å². The maximum absolute atomic E-state index is 13.2. The zero-order valence-corrected chi connectivity index (χ0v) is 18.9. The minimum absolute atomic E-state index is 0.0101. The van der Waals surface area contributed by atoms with Crippen molar-refractivity contribution in [2.75, 3.05) is 47.5 Å². The monoisotopic (exact) mass is 441 g/mol. The highest BCUT2D eigenvalue weighted by Crippen LogP contribution is 2.33. The predicted molar refractivity (Wildman–Crippen MR) is 125 cm³/mol. The Bertz CT molecular complexity index is 1010. The van der Waals surface area contributed by atoms with Gasteiger partial charge in [-0.15, -0.1) is 0 Å². The molecule has 1 atom stereocenters. The molecule has 6 nitrogen and oxygen atoms in total. The fourth-order valence-corrected chi connectivity index (χ4v) is 6.47. The molecule has 2 heterocycles. The van der Waals surface area contributed by atoms with Gasteiger partial charge in [0.05, 0.1) is 29.4 Å². The number of para-hydroxylation sites is 2. The van der Waals surface area contributed by atoms with Crippen LogP contribution in [0.2, 0.25) is 0 Å². The van der Waals surface area contributed by atoms with Crippen LogP contribution in [-0.2, 0) is 21.2 Å². The highest BCUT2D eigenvalue weighted by molar-refractivity contribution is 7.91. The Morgan fingerprint density at radius 3 is 2.29 bits per heavy atom. The molecule has 7 heteroatoms. The molecule has 2 aromatic rings. The van der Waals surface area contributed by atoms with Crippen LogP contribution in [0, 0.1) is 0 Å². The molecular weight excluding hydrogens is 410 g/mol. The van der Waals surface area contributed by atoms with Crippen molar-refractivity contribution in [1.29, 1.82) is 0 Å². The van der Waals surface area contributed by atoms with Gasteiger partial charge >= 0.3 is 0 Å². The molecule has 0 N–H and O–H groups in total. The summed E-state index contributed by atoms with van der Waals surface area (Å²) in [5.74, 6) is 0.284. The Kier molecular flexibility index (Phi) is 6.51. The highest BCUT2D eigenvalue weighted by atomic mass is 32.2. The average Bonchev–Trinajstić information content (AvgIpc) is 3.03. The number of anilines is 2. The van der Waals surface area contributed by atoms with E-state index in [4.69, 9.17) is 0 Å². The second-order valence-electron chi connectivity index (χ2n) is 8.41. The molecule has 0 spiro atoms. The SMILES string of the molecule is CCN(C(=O)CN1CCCN(Cc2ccccc2)c2ccccc21)C1CCS(=O)(=O)C1. The Hall–Kier alpha value is -2.54. The van der Waals surface area contributed by atoms with Gasteiger partial charge in [0.15, 0.2) is 9.84 Å². The lowest BCUT2D eigenvalue weighted by molar-refractivity contribution is -0.131. The average molecular weight is 442 g/mol. The lowest BCUT2D eigenvalue weighted by Crippen LogP contribution is -2.46. The summed E-state index contributed by atoms with van der Waals surface area (Å²) in [5.41, 5.74) is 3.48. The summed E-state index contributed by atoms with van der Waals surface area (Å²) >= 11 is 0. The number of fused-ring (bicyclic) bond motifs is 1. The van der Waals surface area contributed by atoms with Gasteiger partial charge in [0.1, 0.15) is 0 Å². The number of nitrogens with zero attached hydrogens (tertiary/aromatic N) is 3. The summed E-state index contributed by atoms with van der Waals surface area (Å²) in [7, 11) is -3.02. The number of carbonyl (C=O) groups excluding carboxylic acids is 1. The van der Waals surface area contributed by atoms with Gasteiger partial charge in [0.2, 0.25) is 5.91 Å². The summed E-state index contributed by atoms with van der Waals surface area (Å²) in [5, 5.41) is 0. The van der Waals surface area contributed by atoms with Gasteiger partial charge in [-0.05, 0) is 37.5 Å². The standard InChI is InChI=1S/C24H31N3O3S/c1-2-27(21-13-16-31(29,30)19-21)24(28)18-26-15-8-14-25(17-20-9-4-3-5-10-20)22-11-6-7-12-23(22)26/h3-7,9-12,21H,2,8,13-19H2,1H3. The largest absolute Gasteiger partial charge is 0.365 e. The summed E-state index contributed by atoms with van der Waals surface area (Å²) in [6.45, 7) is 5.31. The van der Waals surface area contributed by atoms with E-state index in [0.717, 1.165) is 37.4 Å². The predicted octanol–water partition coefficient (Wildman–Crippen LogP) is 2.94. The molecule has 4 rings (SSSR count). The van der Waals surface area contributed by atoms with Gasteiger partial charge < -0.3 is 14.7 Å². The maximum Gasteiger partial charge on any atom is 0.242 e. The minimum Gasteiger partial charge on any atom is -0.365 e. The van der Waals surface area contributed by atoms with E-state index in [1.165, 1.54) is 5.56 Å². The summed E-state index contributed by atoms with van der Waals surface area (Å²) < 4.78 is 23.8. The molecule has 2 aromatic carbocycles. The first kappa shape index (κ1) is 21.7. The van der Waals surface area contributed by atoms with Crippen molar-refractivity contribution in [2.24, 2.45) is 0 Å². The van der Waals surface area contributed by atoms with E-state index >= 15 is 0 Å². The molecule has 0 bridgehead atoms. The molecule has 2 aliphatic heterocycles. The zero-order valence-electron chi connectivity index (χ0n) is 18.1. The van der Waals surface area contributed by atoms with Crippen molar-refractivity contribution >= 4 is 27.1 Å². The first-order valence-corrected chi connectivity index (χ1v) is 12.9. The number of rotatable bonds is 6. The van der Waals surface area contributed by atoms with Crippen molar-refractivity contribution in [3.63, 3.8) is 0 Å². The lowest BCUT2D eigenvalue weighted by Gasteiger charge is -2.32. The summed E-state index contributed by atoms with van der Waals surface area (Å²) in [6, 6.07) is 18.5. The molecule has 31 heavy (non-hydrogen) atoms. The van der Waals surface area contributed by atoms with Gasteiger partial charge in [0.25, 0.3) is 0 Å². The van der Waals surface area contributed by atoms with E-state index in [1.54, 1.807) is 4.90 Å². The van der Waals surface area contributed by atoms with E-state index < -0.39 is 9.84 Å². The number of sulfone groups is 1. The summed E-state index contributed by atoms with van der Waals surface area (Å²) in [6.07, 6.45) is 1.50. The quantitative estimate of drug-likeness (QED) is 0.690. The third-order valence-corrected chi connectivity index (χ3v) is 8.02. The van der Waals surface area contributed by atoms with Gasteiger partial charge in [0, 0.05) is 32.2 Å². The van der Waals surface area contributed by atoms with Gasteiger partial charge in [-0.1, -0.05) is 42.5 Å². The van der Waals surface area contributed by atoms with Crippen molar-refractivity contribution in [3.8, 4) is 0 Å². The van der Waals surface area contributed by atoms with Crippen molar-refractivity contribution in [3.05, 3.63) is 60.2 Å². The molecule has 1 unspecified atom stereocenters. The Morgan fingerprint density at radius 1 is 1.00 bits per heavy atom. The van der Waals surface area contributed by atoms with E-state index in [1.807, 2.05) is 25.1 Å². The number of benzene rings is 2. The molecule has 1 amide bonds. The molecule has 1 fully saturated rings. The first-order chi connectivity index (χ1) is 15.0. The number of carbonyl (C=O) groups is 1. The van der Waals surface area contributed by atoms with E-state index in [-0.39, 0.29) is 30.0 Å². The van der Waals surface area contributed by atoms with Crippen molar-refractivity contribution < 1.29 is 13.2 Å². The third kappa shape index (κ3) is 5.03. The lowest BCUT2D eigenvalue weighted by atomic mass is 10.1. The maximum atomic E-state index is 13.2. The second kappa shape index (κ2) is 9.30. The molecule has 0 aliphatic carbocycles. The van der Waals surface area contributed by atoms with Gasteiger partial charge in [-0.2, -0.15) is 0 Å².